The van der Waals surface area contributed by atoms with Crippen molar-refractivity contribution in [1.82, 2.24) is 9.80 Å². The van der Waals surface area contributed by atoms with E-state index in [4.69, 9.17) is 14.2 Å². The number of ether oxygens (including phenoxy) is 3. The molecule has 2 aromatic carbocycles. The van der Waals surface area contributed by atoms with Crippen LogP contribution < -0.4 is 14.2 Å². The zero-order valence-electron chi connectivity index (χ0n) is 17.5. The van der Waals surface area contributed by atoms with Crippen LogP contribution in [0.2, 0.25) is 0 Å². The maximum absolute atomic E-state index is 13.8. The molecule has 0 atom stereocenters. The molecule has 0 unspecified atom stereocenters. The topological polar surface area (TPSA) is 51.2 Å². The summed E-state index contributed by atoms with van der Waals surface area (Å²) in [5.41, 5.74) is 0.647. The number of para-hydroxylation sites is 1. The van der Waals surface area contributed by atoms with Gasteiger partial charge in [-0.2, -0.15) is 0 Å². The number of nitrogens with zero attached hydrogens (tertiary/aromatic N) is 2. The van der Waals surface area contributed by atoms with Crippen LogP contribution in [0.1, 0.15) is 36.0 Å². The Morgan fingerprint density at radius 1 is 0.935 bits per heavy atom. The third-order valence-corrected chi connectivity index (χ3v) is 6.49. The Morgan fingerprint density at radius 2 is 1.68 bits per heavy atom. The fraction of sp³-hybridized carbons (Fsp3) is 0.458. The summed E-state index contributed by atoms with van der Waals surface area (Å²) in [6.45, 7) is 3.60. The molecule has 0 saturated carbocycles. The Balaban J connectivity index is 1.10. The first kappa shape index (κ1) is 20.1. The van der Waals surface area contributed by atoms with Crippen LogP contribution in [0, 0.1) is 5.82 Å². The molecule has 3 aliphatic heterocycles. The predicted molar refractivity (Wildman–Crippen MR) is 113 cm³/mol. The van der Waals surface area contributed by atoms with Gasteiger partial charge in [-0.3, -0.25) is 9.69 Å². The van der Waals surface area contributed by atoms with E-state index in [9.17, 15) is 9.18 Å². The van der Waals surface area contributed by atoms with Crippen molar-refractivity contribution in [3.63, 3.8) is 0 Å². The van der Waals surface area contributed by atoms with Crippen molar-refractivity contribution in [2.75, 3.05) is 33.0 Å². The van der Waals surface area contributed by atoms with Crippen molar-refractivity contribution < 1.29 is 23.4 Å². The Hall–Kier alpha value is -2.80. The molecular formula is C24H27FN2O4. The minimum atomic E-state index is -0.301. The van der Waals surface area contributed by atoms with Crippen molar-refractivity contribution in [1.29, 1.82) is 0 Å². The Morgan fingerprint density at radius 3 is 2.45 bits per heavy atom. The molecule has 164 valence electrons. The molecular weight excluding hydrogens is 399 g/mol. The van der Waals surface area contributed by atoms with Gasteiger partial charge in [0, 0.05) is 37.8 Å². The lowest BCUT2D eigenvalue weighted by Crippen LogP contribution is -2.50. The van der Waals surface area contributed by atoms with Crippen molar-refractivity contribution in [2.24, 2.45) is 0 Å². The van der Waals surface area contributed by atoms with Crippen molar-refractivity contribution in [3.8, 4) is 17.2 Å². The molecule has 1 amide bonds. The number of likely N-dealkylation sites (tertiary alicyclic amines) is 2. The van der Waals surface area contributed by atoms with Crippen molar-refractivity contribution in [2.45, 2.75) is 37.8 Å². The van der Waals surface area contributed by atoms with Crippen LogP contribution in [0.5, 0.6) is 17.2 Å². The fourth-order valence-electron chi connectivity index (χ4n) is 4.72. The van der Waals surface area contributed by atoms with Gasteiger partial charge < -0.3 is 19.1 Å². The van der Waals surface area contributed by atoms with Gasteiger partial charge in [-0.15, -0.1) is 0 Å². The number of hydrogen-bond donors (Lipinski definition) is 0. The van der Waals surface area contributed by atoms with Crippen LogP contribution in [0.15, 0.2) is 42.5 Å². The maximum Gasteiger partial charge on any atom is 0.253 e. The smallest absolute Gasteiger partial charge is 0.253 e. The highest BCUT2D eigenvalue weighted by molar-refractivity contribution is 5.95. The summed E-state index contributed by atoms with van der Waals surface area (Å²) in [7, 11) is 0. The number of piperidine rings is 2. The molecule has 5 rings (SSSR count). The quantitative estimate of drug-likeness (QED) is 0.746. The van der Waals surface area contributed by atoms with Gasteiger partial charge >= 0.3 is 0 Å². The van der Waals surface area contributed by atoms with E-state index in [0.29, 0.717) is 28.9 Å². The third-order valence-electron chi connectivity index (χ3n) is 6.49. The van der Waals surface area contributed by atoms with E-state index in [1.165, 1.54) is 6.07 Å². The van der Waals surface area contributed by atoms with Crippen LogP contribution >= 0.6 is 0 Å². The molecule has 6 nitrogen and oxygen atoms in total. The molecule has 3 aliphatic rings. The minimum Gasteiger partial charge on any atom is -0.487 e. The summed E-state index contributed by atoms with van der Waals surface area (Å²) >= 11 is 0. The fourth-order valence-corrected chi connectivity index (χ4v) is 4.72. The van der Waals surface area contributed by atoms with Gasteiger partial charge in [-0.25, -0.2) is 4.39 Å². The molecule has 0 aromatic heterocycles. The molecule has 31 heavy (non-hydrogen) atoms. The Labute approximate surface area is 181 Å². The second-order valence-corrected chi connectivity index (χ2v) is 8.38. The van der Waals surface area contributed by atoms with Crippen LogP contribution in [0.4, 0.5) is 4.39 Å². The molecule has 2 aromatic rings. The summed E-state index contributed by atoms with van der Waals surface area (Å²) in [5.74, 6) is 1.42. The average Bonchev–Trinajstić information content (AvgIpc) is 3.29. The van der Waals surface area contributed by atoms with E-state index in [2.05, 4.69) is 4.90 Å². The molecule has 7 heteroatoms. The lowest BCUT2D eigenvalue weighted by atomic mass is 9.98. The van der Waals surface area contributed by atoms with Crippen LogP contribution in [-0.4, -0.2) is 60.8 Å². The Kier molecular flexibility index (Phi) is 5.68. The lowest BCUT2D eigenvalue weighted by molar-refractivity contribution is 0.0416. The number of carbonyl (C=O) groups excluding carboxylic acids is 1. The van der Waals surface area contributed by atoms with E-state index in [-0.39, 0.29) is 24.6 Å². The standard InChI is InChI=1S/C24H27FN2O4/c25-20-3-1-2-4-21(20)31-19-9-13-26(14-10-19)18-7-11-27(12-8-18)24(28)17-5-6-22-23(15-17)30-16-29-22/h1-6,15,18-19H,7-14,16H2. The summed E-state index contributed by atoms with van der Waals surface area (Å²) in [6, 6.07) is 12.5. The number of carbonyl (C=O) groups is 1. The van der Waals surface area contributed by atoms with Gasteiger partial charge in [0.2, 0.25) is 6.79 Å². The highest BCUT2D eigenvalue weighted by Crippen LogP contribution is 2.33. The van der Waals surface area contributed by atoms with E-state index >= 15 is 0 Å². The summed E-state index contributed by atoms with van der Waals surface area (Å²) in [6.07, 6.45) is 3.78. The SMILES string of the molecule is O=C(c1ccc2c(c1)OCO2)N1CCC(N2CCC(Oc3ccccc3F)CC2)CC1. The first-order valence-corrected chi connectivity index (χ1v) is 11.0. The highest BCUT2D eigenvalue weighted by Gasteiger charge is 2.31. The Bertz CT molecular complexity index is 937. The normalized spacial score (nSPS) is 20.1. The van der Waals surface area contributed by atoms with Gasteiger partial charge in [-0.05, 0) is 56.0 Å². The first-order valence-electron chi connectivity index (χ1n) is 11.0. The van der Waals surface area contributed by atoms with E-state index in [0.717, 1.165) is 51.9 Å². The zero-order chi connectivity index (χ0) is 21.2. The van der Waals surface area contributed by atoms with E-state index in [1.54, 1.807) is 30.3 Å². The molecule has 2 saturated heterocycles. The minimum absolute atomic E-state index is 0.0498. The largest absolute Gasteiger partial charge is 0.487 e. The van der Waals surface area contributed by atoms with Gasteiger partial charge in [-0.1, -0.05) is 12.1 Å². The van der Waals surface area contributed by atoms with Crippen LogP contribution in [-0.2, 0) is 0 Å². The molecule has 0 bridgehead atoms. The van der Waals surface area contributed by atoms with Gasteiger partial charge in [0.05, 0.1) is 0 Å². The number of rotatable bonds is 4. The average molecular weight is 426 g/mol. The van der Waals surface area contributed by atoms with Crippen LogP contribution in [0.25, 0.3) is 0 Å². The summed E-state index contributed by atoms with van der Waals surface area (Å²) < 4.78 is 30.4. The summed E-state index contributed by atoms with van der Waals surface area (Å²) in [5, 5.41) is 0. The second kappa shape index (κ2) is 8.75. The molecule has 0 spiro atoms. The maximum atomic E-state index is 13.8. The predicted octanol–water partition coefficient (Wildman–Crippen LogP) is 3.70. The third kappa shape index (κ3) is 4.32. The van der Waals surface area contributed by atoms with E-state index in [1.807, 2.05) is 11.0 Å². The molecule has 2 fully saturated rings. The highest BCUT2D eigenvalue weighted by atomic mass is 19.1. The van der Waals surface area contributed by atoms with Gasteiger partial charge in [0.1, 0.15) is 6.10 Å². The monoisotopic (exact) mass is 426 g/mol. The lowest BCUT2D eigenvalue weighted by Gasteiger charge is -2.41. The molecule has 0 aliphatic carbocycles. The van der Waals surface area contributed by atoms with Crippen LogP contribution in [0.3, 0.4) is 0 Å². The number of hydrogen-bond acceptors (Lipinski definition) is 5. The number of amides is 1. The van der Waals surface area contributed by atoms with Crippen molar-refractivity contribution >= 4 is 5.91 Å². The molecule has 0 radical (unpaired) electrons. The number of benzene rings is 2. The molecule has 0 N–H and O–H groups in total. The number of fused-ring (bicyclic) bond motifs is 1. The second-order valence-electron chi connectivity index (χ2n) is 8.38. The first-order chi connectivity index (χ1) is 15.2. The van der Waals surface area contributed by atoms with E-state index < -0.39 is 0 Å². The molecule has 3 heterocycles. The zero-order valence-corrected chi connectivity index (χ0v) is 17.5. The van der Waals surface area contributed by atoms with Gasteiger partial charge in [0.15, 0.2) is 23.1 Å². The summed E-state index contributed by atoms with van der Waals surface area (Å²) in [4.78, 5) is 17.3. The van der Waals surface area contributed by atoms with Gasteiger partial charge in [0.25, 0.3) is 5.91 Å². The van der Waals surface area contributed by atoms with Crippen molar-refractivity contribution in [3.05, 3.63) is 53.8 Å². The number of halogens is 1.